The average Bonchev–Trinajstić information content (AvgIpc) is 3.28. The Morgan fingerprint density at radius 3 is 2.68 bits per heavy atom. The number of rotatable bonds is 7. The summed E-state index contributed by atoms with van der Waals surface area (Å²) >= 11 is 7.52. The maximum Gasteiger partial charge on any atom is 0.222 e. The molecule has 0 saturated carbocycles. The molecule has 34 heavy (non-hydrogen) atoms. The van der Waals surface area contributed by atoms with Gasteiger partial charge in [0.25, 0.3) is 0 Å². The van der Waals surface area contributed by atoms with Crippen LogP contribution in [0.15, 0.2) is 23.2 Å². The van der Waals surface area contributed by atoms with Crippen molar-refractivity contribution >= 4 is 34.6 Å². The third-order valence-electron chi connectivity index (χ3n) is 5.80. The Hall–Kier alpha value is -2.66. The number of ether oxygens (including phenoxy) is 2. The molecule has 1 unspecified atom stereocenters. The fourth-order valence-corrected chi connectivity index (χ4v) is 5.21. The molecule has 3 heterocycles. The van der Waals surface area contributed by atoms with Gasteiger partial charge in [-0.1, -0.05) is 17.7 Å². The number of aromatic nitrogens is 3. The first-order chi connectivity index (χ1) is 16.2. The van der Waals surface area contributed by atoms with Crippen LogP contribution in [0.5, 0.6) is 0 Å². The average molecular weight is 506 g/mol. The molecule has 0 saturated heterocycles. The van der Waals surface area contributed by atoms with E-state index in [4.69, 9.17) is 26.1 Å². The van der Waals surface area contributed by atoms with Gasteiger partial charge in [0.1, 0.15) is 22.7 Å². The summed E-state index contributed by atoms with van der Waals surface area (Å²) in [5.74, 6) is 0.447. The highest BCUT2D eigenvalue weighted by Crippen LogP contribution is 2.39. The maximum absolute atomic E-state index is 14.4. The van der Waals surface area contributed by atoms with Gasteiger partial charge in [-0.3, -0.25) is 14.4 Å². The molecule has 0 aliphatic carbocycles. The summed E-state index contributed by atoms with van der Waals surface area (Å²) in [6.07, 6.45) is -0.539. The Labute approximate surface area is 205 Å². The second kappa shape index (κ2) is 9.91. The first-order valence-corrected chi connectivity index (χ1v) is 11.8. The summed E-state index contributed by atoms with van der Waals surface area (Å²) < 4.78 is 26.6. The van der Waals surface area contributed by atoms with Gasteiger partial charge in [0.05, 0.1) is 23.7 Å². The molecular formula is C23H25ClFN5O3S. The second-order valence-electron chi connectivity index (χ2n) is 7.94. The third-order valence-corrected chi connectivity index (χ3v) is 7.30. The quantitative estimate of drug-likeness (QED) is 0.489. The predicted octanol–water partition coefficient (Wildman–Crippen LogP) is 4.06. The molecule has 180 valence electrons. The van der Waals surface area contributed by atoms with Crippen LogP contribution in [-0.2, 0) is 14.3 Å². The number of aliphatic imine (C=N–C) groups is 1. The number of hydrogen-bond donors (Lipinski definition) is 1. The van der Waals surface area contributed by atoms with Crippen LogP contribution < -0.4 is 5.32 Å². The number of benzene rings is 1. The number of carbonyl (C=O) groups is 1. The summed E-state index contributed by atoms with van der Waals surface area (Å²) in [4.78, 5) is 18.9. The van der Waals surface area contributed by atoms with Gasteiger partial charge in [-0.2, -0.15) is 0 Å². The van der Waals surface area contributed by atoms with E-state index >= 15 is 0 Å². The predicted molar refractivity (Wildman–Crippen MR) is 129 cm³/mol. The summed E-state index contributed by atoms with van der Waals surface area (Å²) in [6.45, 7) is 6.08. The topological polar surface area (TPSA) is 90.6 Å². The van der Waals surface area contributed by atoms with Crippen LogP contribution in [0.2, 0.25) is 5.02 Å². The zero-order valence-corrected chi connectivity index (χ0v) is 21.1. The van der Waals surface area contributed by atoms with Gasteiger partial charge in [0.15, 0.2) is 12.1 Å². The summed E-state index contributed by atoms with van der Waals surface area (Å²) in [5, 5.41) is 12.4. The van der Waals surface area contributed by atoms with Crippen LogP contribution >= 0.6 is 22.9 Å². The van der Waals surface area contributed by atoms with Crippen molar-refractivity contribution in [2.75, 3.05) is 20.8 Å². The van der Waals surface area contributed by atoms with Gasteiger partial charge in [-0.25, -0.2) is 4.39 Å². The smallest absolute Gasteiger partial charge is 0.222 e. The molecule has 8 nitrogen and oxygen atoms in total. The number of carbonyl (C=O) groups excluding carboxylic acids is 1. The zero-order valence-electron chi connectivity index (χ0n) is 19.5. The molecule has 1 amide bonds. The Kier molecular flexibility index (Phi) is 7.13. The highest BCUT2D eigenvalue weighted by atomic mass is 35.5. The van der Waals surface area contributed by atoms with Crippen LogP contribution in [-0.4, -0.2) is 53.4 Å². The molecule has 1 aliphatic rings. The van der Waals surface area contributed by atoms with Gasteiger partial charge in [0.2, 0.25) is 5.91 Å². The molecule has 0 radical (unpaired) electrons. The molecule has 1 aromatic carbocycles. The van der Waals surface area contributed by atoms with Crippen molar-refractivity contribution in [1.29, 1.82) is 0 Å². The first kappa shape index (κ1) is 24.5. The van der Waals surface area contributed by atoms with E-state index in [1.54, 1.807) is 17.4 Å². The molecule has 0 fully saturated rings. The van der Waals surface area contributed by atoms with E-state index in [1.165, 1.54) is 26.4 Å². The molecule has 1 aliphatic heterocycles. The largest absolute Gasteiger partial charge is 0.354 e. The minimum absolute atomic E-state index is 0.0187. The highest BCUT2D eigenvalue weighted by Gasteiger charge is 2.32. The van der Waals surface area contributed by atoms with Crippen molar-refractivity contribution in [3.8, 4) is 5.00 Å². The molecule has 0 bridgehead atoms. The Balaban J connectivity index is 1.82. The lowest BCUT2D eigenvalue weighted by molar-refractivity contribution is -0.127. The normalized spacial score (nSPS) is 15.1. The van der Waals surface area contributed by atoms with Gasteiger partial charge >= 0.3 is 0 Å². The highest BCUT2D eigenvalue weighted by molar-refractivity contribution is 7.15. The lowest BCUT2D eigenvalue weighted by Crippen LogP contribution is -2.34. The first-order valence-electron chi connectivity index (χ1n) is 10.6. The minimum Gasteiger partial charge on any atom is -0.354 e. The molecule has 1 N–H and O–H groups in total. The fourth-order valence-electron chi connectivity index (χ4n) is 3.88. The number of amides is 1. The number of hydrogen-bond acceptors (Lipinski definition) is 7. The van der Waals surface area contributed by atoms with Gasteiger partial charge in [0, 0.05) is 30.2 Å². The summed E-state index contributed by atoms with van der Waals surface area (Å²) in [5.41, 5.74) is 3.06. The van der Waals surface area contributed by atoms with Gasteiger partial charge in [-0.15, -0.1) is 21.5 Å². The summed E-state index contributed by atoms with van der Waals surface area (Å²) in [7, 11) is 3.00. The molecule has 11 heteroatoms. The van der Waals surface area contributed by atoms with Gasteiger partial charge < -0.3 is 14.8 Å². The van der Waals surface area contributed by atoms with Crippen LogP contribution in [0.25, 0.3) is 5.00 Å². The molecule has 2 aromatic heterocycles. The Morgan fingerprint density at radius 1 is 1.26 bits per heavy atom. The van der Waals surface area contributed by atoms with E-state index in [-0.39, 0.29) is 23.9 Å². The fraction of sp³-hybridized carbons (Fsp3) is 0.391. The number of halogens is 2. The molecule has 0 spiro atoms. The molecular weight excluding hydrogens is 481 g/mol. The van der Waals surface area contributed by atoms with E-state index in [0.29, 0.717) is 22.9 Å². The Morgan fingerprint density at radius 2 is 2.00 bits per heavy atom. The van der Waals surface area contributed by atoms with Crippen molar-refractivity contribution in [1.82, 2.24) is 20.1 Å². The van der Waals surface area contributed by atoms with E-state index in [2.05, 4.69) is 15.5 Å². The standard InChI is InChI=1S/C23H25ClFN5O3S/c1-11-12(2)34-23-20(11)21(14-6-7-15(24)16(25)8-14)27-17(22-29-28-13(3)30(22)23)9-18(31)26-10-19(32-4)33-5/h6-8,17,19H,9-10H2,1-5H3,(H,26,31). The van der Waals surface area contributed by atoms with Crippen molar-refractivity contribution < 1.29 is 18.7 Å². The number of aryl methyl sites for hydroxylation is 2. The SMILES string of the molecule is COC(CNC(=O)CC1N=C(c2ccc(Cl)c(F)c2)c2c(sc(C)c2C)-n2c(C)nnc21)OC. The van der Waals surface area contributed by atoms with Crippen LogP contribution in [0, 0.1) is 26.6 Å². The monoisotopic (exact) mass is 505 g/mol. The van der Waals surface area contributed by atoms with E-state index in [0.717, 1.165) is 21.0 Å². The van der Waals surface area contributed by atoms with Crippen molar-refractivity contribution in [3.05, 3.63) is 62.3 Å². The lowest BCUT2D eigenvalue weighted by atomic mass is 9.99. The number of thiophene rings is 1. The maximum atomic E-state index is 14.4. The molecule has 3 aromatic rings. The second-order valence-corrected chi connectivity index (χ2v) is 9.55. The minimum atomic E-state index is -0.641. The summed E-state index contributed by atoms with van der Waals surface area (Å²) in [6, 6.07) is 3.97. The van der Waals surface area contributed by atoms with Crippen molar-refractivity contribution in [2.45, 2.75) is 39.5 Å². The number of nitrogens with zero attached hydrogens (tertiary/aromatic N) is 4. The number of nitrogens with one attached hydrogen (secondary N) is 1. The Bertz CT molecular complexity index is 1270. The number of methoxy groups -OCH3 is 2. The molecule has 1 atom stereocenters. The van der Waals surface area contributed by atoms with Crippen LogP contribution in [0.3, 0.4) is 0 Å². The van der Waals surface area contributed by atoms with E-state index < -0.39 is 18.1 Å². The third kappa shape index (κ3) is 4.50. The molecule has 4 rings (SSSR count). The van der Waals surface area contributed by atoms with Gasteiger partial charge in [-0.05, 0) is 38.5 Å². The van der Waals surface area contributed by atoms with Crippen LogP contribution in [0.1, 0.15) is 45.7 Å². The lowest BCUT2D eigenvalue weighted by Gasteiger charge is -2.16. The van der Waals surface area contributed by atoms with E-state index in [9.17, 15) is 9.18 Å². The van der Waals surface area contributed by atoms with Crippen molar-refractivity contribution in [2.24, 2.45) is 4.99 Å². The number of fused-ring (bicyclic) bond motifs is 3. The van der Waals surface area contributed by atoms with E-state index in [1.807, 2.05) is 25.3 Å². The van der Waals surface area contributed by atoms with Crippen LogP contribution in [0.4, 0.5) is 4.39 Å². The van der Waals surface area contributed by atoms with Crippen molar-refractivity contribution in [3.63, 3.8) is 0 Å². The zero-order chi connectivity index (χ0) is 24.6.